The number of hydrogen-bond acceptors (Lipinski definition) is 6. The van der Waals surface area contributed by atoms with Crippen molar-refractivity contribution in [3.63, 3.8) is 0 Å². The molecule has 32 heavy (non-hydrogen) atoms. The van der Waals surface area contributed by atoms with Crippen LogP contribution < -0.4 is 5.32 Å². The number of anilines is 1. The van der Waals surface area contributed by atoms with E-state index in [1.54, 1.807) is 24.5 Å². The summed E-state index contributed by atoms with van der Waals surface area (Å²) in [7, 11) is 0. The van der Waals surface area contributed by atoms with Crippen LogP contribution in [-0.2, 0) is 4.74 Å². The first-order valence-electron chi connectivity index (χ1n) is 10.6. The van der Waals surface area contributed by atoms with Crippen molar-refractivity contribution in [2.45, 2.75) is 26.3 Å². The summed E-state index contributed by atoms with van der Waals surface area (Å²) in [6, 6.07) is 18.3. The smallest absolute Gasteiger partial charge is 0.338 e. The van der Waals surface area contributed by atoms with E-state index in [2.05, 4.69) is 15.3 Å². The summed E-state index contributed by atoms with van der Waals surface area (Å²) in [6.07, 6.45) is 4.26. The number of nitrogens with zero attached hydrogens (tertiary/aromatic N) is 2. The summed E-state index contributed by atoms with van der Waals surface area (Å²) < 4.78 is 5.20. The lowest BCUT2D eigenvalue weighted by Crippen LogP contribution is -2.13. The standard InChI is InChI=1S/C26H25N3O3/c1-3-15-32-26(31)19-8-11-21(12-9-19)29-23(20-5-4-14-27-16-20)22-13-10-18-7-6-17(2)28-24(18)25(22)30/h4-14,16,23,29-30H,3,15H2,1-2H3. The first-order chi connectivity index (χ1) is 15.6. The Labute approximate surface area is 186 Å². The molecule has 0 saturated carbocycles. The lowest BCUT2D eigenvalue weighted by Gasteiger charge is -2.22. The highest BCUT2D eigenvalue weighted by atomic mass is 16.5. The van der Waals surface area contributed by atoms with Crippen LogP contribution in [0.2, 0.25) is 0 Å². The van der Waals surface area contributed by atoms with Crippen molar-refractivity contribution >= 4 is 22.6 Å². The van der Waals surface area contributed by atoms with Gasteiger partial charge in [-0.2, -0.15) is 0 Å². The fourth-order valence-electron chi connectivity index (χ4n) is 3.55. The second-order valence-corrected chi connectivity index (χ2v) is 7.60. The van der Waals surface area contributed by atoms with E-state index in [0.29, 0.717) is 23.3 Å². The Balaban J connectivity index is 1.69. The second-order valence-electron chi connectivity index (χ2n) is 7.60. The maximum atomic E-state index is 12.1. The molecule has 1 unspecified atom stereocenters. The van der Waals surface area contributed by atoms with Gasteiger partial charge < -0.3 is 15.2 Å². The van der Waals surface area contributed by atoms with Crippen molar-refractivity contribution in [3.05, 3.63) is 95.4 Å². The minimum absolute atomic E-state index is 0.132. The van der Waals surface area contributed by atoms with E-state index in [1.165, 1.54) is 0 Å². The van der Waals surface area contributed by atoms with E-state index in [1.807, 2.05) is 62.4 Å². The van der Waals surface area contributed by atoms with Crippen molar-refractivity contribution in [1.82, 2.24) is 9.97 Å². The highest BCUT2D eigenvalue weighted by Crippen LogP contribution is 2.36. The molecule has 0 bridgehead atoms. The lowest BCUT2D eigenvalue weighted by atomic mass is 9.97. The quantitative estimate of drug-likeness (QED) is 0.384. The number of benzene rings is 2. The molecule has 1 atom stereocenters. The van der Waals surface area contributed by atoms with Gasteiger partial charge in [-0.25, -0.2) is 9.78 Å². The van der Waals surface area contributed by atoms with E-state index in [4.69, 9.17) is 4.74 Å². The topological polar surface area (TPSA) is 84.3 Å². The van der Waals surface area contributed by atoms with Gasteiger partial charge in [-0.3, -0.25) is 4.98 Å². The SMILES string of the molecule is CCCOC(=O)c1ccc(NC(c2cccnc2)c2ccc3ccc(C)nc3c2O)cc1. The molecule has 2 aromatic heterocycles. The number of fused-ring (bicyclic) bond motifs is 1. The van der Waals surface area contributed by atoms with Gasteiger partial charge >= 0.3 is 5.97 Å². The molecule has 0 saturated heterocycles. The molecule has 0 aliphatic carbocycles. The van der Waals surface area contributed by atoms with Gasteiger partial charge in [-0.15, -0.1) is 0 Å². The molecule has 0 amide bonds. The minimum Gasteiger partial charge on any atom is -0.505 e. The molecule has 6 nitrogen and oxygen atoms in total. The average molecular weight is 428 g/mol. The van der Waals surface area contributed by atoms with E-state index in [-0.39, 0.29) is 17.8 Å². The number of hydrogen-bond donors (Lipinski definition) is 2. The van der Waals surface area contributed by atoms with Gasteiger partial charge in [-0.1, -0.05) is 31.2 Å². The molecule has 6 heteroatoms. The van der Waals surface area contributed by atoms with Crippen molar-refractivity contribution in [2.24, 2.45) is 0 Å². The number of aryl methyl sites for hydroxylation is 1. The van der Waals surface area contributed by atoms with Crippen LogP contribution in [0, 0.1) is 6.92 Å². The first-order valence-corrected chi connectivity index (χ1v) is 10.6. The largest absolute Gasteiger partial charge is 0.505 e. The number of esters is 1. The summed E-state index contributed by atoms with van der Waals surface area (Å²) >= 11 is 0. The van der Waals surface area contributed by atoms with E-state index >= 15 is 0 Å². The van der Waals surface area contributed by atoms with Crippen LogP contribution in [0.3, 0.4) is 0 Å². The van der Waals surface area contributed by atoms with Crippen LogP contribution >= 0.6 is 0 Å². The summed E-state index contributed by atoms with van der Waals surface area (Å²) in [5.74, 6) is -0.205. The molecular weight excluding hydrogens is 402 g/mol. The van der Waals surface area contributed by atoms with Crippen LogP contribution in [0.25, 0.3) is 10.9 Å². The monoisotopic (exact) mass is 427 g/mol. The average Bonchev–Trinajstić information content (AvgIpc) is 2.83. The molecule has 0 spiro atoms. The molecular formula is C26H25N3O3. The van der Waals surface area contributed by atoms with Crippen LogP contribution in [0.5, 0.6) is 5.75 Å². The maximum absolute atomic E-state index is 12.1. The number of aromatic nitrogens is 2. The van der Waals surface area contributed by atoms with E-state index in [0.717, 1.165) is 28.8 Å². The molecule has 0 aliphatic heterocycles. The number of phenolic OH excluding ortho intramolecular Hbond substituents is 1. The summed E-state index contributed by atoms with van der Waals surface area (Å²) in [5, 5.41) is 15.4. The molecule has 4 rings (SSSR count). The van der Waals surface area contributed by atoms with Gasteiger partial charge in [0.1, 0.15) is 11.3 Å². The minimum atomic E-state index is -0.367. The number of ether oxygens (including phenoxy) is 1. The number of carbonyl (C=O) groups is 1. The second kappa shape index (κ2) is 9.47. The normalized spacial score (nSPS) is 11.8. The predicted molar refractivity (Wildman–Crippen MR) is 125 cm³/mol. The molecule has 4 aromatic rings. The molecule has 2 N–H and O–H groups in total. The molecule has 0 radical (unpaired) electrons. The zero-order valence-electron chi connectivity index (χ0n) is 18.1. The third kappa shape index (κ3) is 4.54. The Morgan fingerprint density at radius 3 is 2.59 bits per heavy atom. The van der Waals surface area contributed by atoms with Gasteiger partial charge in [0.05, 0.1) is 18.2 Å². The van der Waals surface area contributed by atoms with E-state index in [9.17, 15) is 9.90 Å². The Kier molecular flexibility index (Phi) is 6.31. The Morgan fingerprint density at radius 2 is 1.88 bits per heavy atom. The lowest BCUT2D eigenvalue weighted by molar-refractivity contribution is 0.0505. The van der Waals surface area contributed by atoms with Crippen LogP contribution in [0.15, 0.2) is 73.1 Å². The van der Waals surface area contributed by atoms with Crippen molar-refractivity contribution in [3.8, 4) is 5.75 Å². The third-order valence-electron chi connectivity index (χ3n) is 5.20. The van der Waals surface area contributed by atoms with Crippen LogP contribution in [0.1, 0.15) is 46.6 Å². The molecule has 0 fully saturated rings. The fraction of sp³-hybridized carbons (Fsp3) is 0.192. The number of rotatable bonds is 7. The molecule has 2 heterocycles. The Bertz CT molecular complexity index is 1220. The zero-order valence-corrected chi connectivity index (χ0v) is 18.1. The Morgan fingerprint density at radius 1 is 1.09 bits per heavy atom. The van der Waals surface area contributed by atoms with Crippen molar-refractivity contribution in [1.29, 1.82) is 0 Å². The first kappa shape index (κ1) is 21.3. The summed E-state index contributed by atoms with van der Waals surface area (Å²) in [5.41, 5.74) is 4.27. The molecule has 162 valence electrons. The Hall–Kier alpha value is -3.93. The number of phenols is 1. The zero-order chi connectivity index (χ0) is 22.5. The molecule has 2 aromatic carbocycles. The summed E-state index contributed by atoms with van der Waals surface area (Å²) in [6.45, 7) is 4.25. The van der Waals surface area contributed by atoms with Crippen molar-refractivity contribution in [2.75, 3.05) is 11.9 Å². The van der Waals surface area contributed by atoms with Gasteiger partial charge in [-0.05, 0) is 55.3 Å². The van der Waals surface area contributed by atoms with Crippen LogP contribution in [-0.4, -0.2) is 27.7 Å². The van der Waals surface area contributed by atoms with Gasteiger partial charge in [0, 0.05) is 34.7 Å². The van der Waals surface area contributed by atoms with E-state index < -0.39 is 0 Å². The predicted octanol–water partition coefficient (Wildman–Crippen LogP) is 5.41. The highest BCUT2D eigenvalue weighted by Gasteiger charge is 2.20. The number of aromatic hydroxyl groups is 1. The van der Waals surface area contributed by atoms with Crippen LogP contribution in [0.4, 0.5) is 5.69 Å². The highest BCUT2D eigenvalue weighted by molar-refractivity contribution is 5.90. The molecule has 0 aliphatic rings. The number of carbonyl (C=O) groups excluding carboxylic acids is 1. The van der Waals surface area contributed by atoms with Crippen molar-refractivity contribution < 1.29 is 14.6 Å². The third-order valence-corrected chi connectivity index (χ3v) is 5.20. The van der Waals surface area contributed by atoms with Gasteiger partial charge in [0.15, 0.2) is 0 Å². The maximum Gasteiger partial charge on any atom is 0.338 e. The fourth-order valence-corrected chi connectivity index (χ4v) is 3.55. The number of pyridine rings is 2. The van der Waals surface area contributed by atoms with Gasteiger partial charge in [0.25, 0.3) is 0 Å². The summed E-state index contributed by atoms with van der Waals surface area (Å²) in [4.78, 5) is 20.9. The van der Waals surface area contributed by atoms with Gasteiger partial charge in [0.2, 0.25) is 0 Å². The number of nitrogens with one attached hydrogen (secondary N) is 1.